The fourth-order valence-electron chi connectivity index (χ4n) is 1.24. The lowest BCUT2D eigenvalue weighted by Gasteiger charge is -2.11. The van der Waals surface area contributed by atoms with E-state index in [2.05, 4.69) is 13.8 Å². The summed E-state index contributed by atoms with van der Waals surface area (Å²) in [7, 11) is 0. The Labute approximate surface area is 91.9 Å². The van der Waals surface area contributed by atoms with Crippen LogP contribution in [-0.2, 0) is 6.42 Å². The molecule has 1 rings (SSSR count). The van der Waals surface area contributed by atoms with Gasteiger partial charge in [0.1, 0.15) is 5.75 Å². The predicted molar refractivity (Wildman–Crippen MR) is 62.2 cm³/mol. The second kappa shape index (κ2) is 6.46. The number of aliphatic hydroxyl groups is 1. The molecule has 0 spiro atoms. The van der Waals surface area contributed by atoms with Crippen molar-refractivity contribution in [1.82, 2.24) is 0 Å². The number of hydrogen-bond donors (Lipinski definition) is 1. The molecule has 0 bridgehead atoms. The van der Waals surface area contributed by atoms with Crippen molar-refractivity contribution in [2.45, 2.75) is 26.7 Å². The van der Waals surface area contributed by atoms with Crippen LogP contribution >= 0.6 is 0 Å². The highest BCUT2D eigenvalue weighted by Gasteiger charge is 2.00. The van der Waals surface area contributed by atoms with Crippen molar-refractivity contribution in [2.24, 2.45) is 5.92 Å². The number of aliphatic hydroxyl groups excluding tert-OH is 1. The van der Waals surface area contributed by atoms with Crippen LogP contribution in [0.5, 0.6) is 5.75 Å². The van der Waals surface area contributed by atoms with Gasteiger partial charge in [-0.15, -0.1) is 0 Å². The SMILES string of the molecule is CCC(C)COc1ccc(CCO)cc1. The summed E-state index contributed by atoms with van der Waals surface area (Å²) < 4.78 is 5.63. The van der Waals surface area contributed by atoms with Crippen LogP contribution < -0.4 is 4.74 Å². The van der Waals surface area contributed by atoms with E-state index in [1.165, 1.54) is 0 Å². The zero-order valence-electron chi connectivity index (χ0n) is 9.57. The Hall–Kier alpha value is -1.02. The van der Waals surface area contributed by atoms with Gasteiger partial charge in [-0.25, -0.2) is 0 Å². The Balaban J connectivity index is 2.42. The summed E-state index contributed by atoms with van der Waals surface area (Å²) in [5, 5.41) is 8.77. The van der Waals surface area contributed by atoms with Gasteiger partial charge in [-0.2, -0.15) is 0 Å². The maximum absolute atomic E-state index is 8.77. The highest BCUT2D eigenvalue weighted by Crippen LogP contribution is 2.14. The van der Waals surface area contributed by atoms with E-state index in [-0.39, 0.29) is 6.61 Å². The van der Waals surface area contributed by atoms with Crippen LogP contribution in [0.4, 0.5) is 0 Å². The smallest absolute Gasteiger partial charge is 0.119 e. The molecular formula is C13H20O2. The third-order valence-corrected chi connectivity index (χ3v) is 2.56. The zero-order chi connectivity index (χ0) is 11.1. The van der Waals surface area contributed by atoms with Crippen LogP contribution in [0.3, 0.4) is 0 Å². The maximum Gasteiger partial charge on any atom is 0.119 e. The van der Waals surface area contributed by atoms with Gasteiger partial charge in [-0.1, -0.05) is 32.4 Å². The van der Waals surface area contributed by atoms with Crippen molar-refractivity contribution >= 4 is 0 Å². The summed E-state index contributed by atoms with van der Waals surface area (Å²) in [6.07, 6.45) is 1.86. The van der Waals surface area contributed by atoms with Crippen molar-refractivity contribution in [3.63, 3.8) is 0 Å². The highest BCUT2D eigenvalue weighted by molar-refractivity contribution is 5.27. The minimum Gasteiger partial charge on any atom is -0.493 e. The van der Waals surface area contributed by atoms with E-state index >= 15 is 0 Å². The molecule has 0 saturated heterocycles. The minimum absolute atomic E-state index is 0.201. The molecule has 15 heavy (non-hydrogen) atoms. The monoisotopic (exact) mass is 208 g/mol. The van der Waals surface area contributed by atoms with E-state index in [0.29, 0.717) is 12.3 Å². The standard InChI is InChI=1S/C13H20O2/c1-3-11(2)10-15-13-6-4-12(5-7-13)8-9-14/h4-7,11,14H,3,8-10H2,1-2H3. The number of hydrogen-bond acceptors (Lipinski definition) is 2. The Morgan fingerprint density at radius 1 is 1.27 bits per heavy atom. The summed E-state index contributed by atoms with van der Waals surface area (Å²) in [5.41, 5.74) is 1.15. The summed E-state index contributed by atoms with van der Waals surface area (Å²) in [4.78, 5) is 0. The first-order chi connectivity index (χ1) is 7.26. The van der Waals surface area contributed by atoms with Crippen molar-refractivity contribution in [3.05, 3.63) is 29.8 Å². The molecule has 0 amide bonds. The Kier molecular flexibility index (Phi) is 5.19. The van der Waals surface area contributed by atoms with Gasteiger partial charge in [0.05, 0.1) is 6.61 Å². The first kappa shape index (κ1) is 12.1. The molecule has 1 N–H and O–H groups in total. The van der Waals surface area contributed by atoms with Gasteiger partial charge in [0.25, 0.3) is 0 Å². The van der Waals surface area contributed by atoms with E-state index in [4.69, 9.17) is 9.84 Å². The normalized spacial score (nSPS) is 12.5. The molecule has 0 aliphatic carbocycles. The molecule has 1 atom stereocenters. The third-order valence-electron chi connectivity index (χ3n) is 2.56. The number of ether oxygens (including phenoxy) is 1. The van der Waals surface area contributed by atoms with Crippen molar-refractivity contribution in [2.75, 3.05) is 13.2 Å². The molecule has 1 aromatic rings. The summed E-state index contributed by atoms with van der Waals surface area (Å²) in [5.74, 6) is 1.51. The topological polar surface area (TPSA) is 29.5 Å². The molecule has 1 unspecified atom stereocenters. The van der Waals surface area contributed by atoms with E-state index in [0.717, 1.165) is 24.3 Å². The summed E-state index contributed by atoms with van der Waals surface area (Å²) in [6.45, 7) is 5.32. The molecule has 2 nitrogen and oxygen atoms in total. The van der Waals surface area contributed by atoms with Gasteiger partial charge in [-0.05, 0) is 30.0 Å². The molecule has 0 aromatic heterocycles. The molecule has 0 saturated carbocycles. The molecule has 84 valence electrons. The highest BCUT2D eigenvalue weighted by atomic mass is 16.5. The Bertz CT molecular complexity index is 266. The van der Waals surface area contributed by atoms with E-state index in [9.17, 15) is 0 Å². The lowest BCUT2D eigenvalue weighted by atomic mass is 10.1. The second-order valence-electron chi connectivity index (χ2n) is 3.94. The molecular weight excluding hydrogens is 188 g/mol. The van der Waals surface area contributed by atoms with Gasteiger partial charge in [0.2, 0.25) is 0 Å². The molecule has 0 heterocycles. The van der Waals surface area contributed by atoms with E-state index in [1.807, 2.05) is 24.3 Å². The van der Waals surface area contributed by atoms with Crippen LogP contribution in [0.15, 0.2) is 24.3 Å². The van der Waals surface area contributed by atoms with Crippen LogP contribution in [0.1, 0.15) is 25.8 Å². The maximum atomic E-state index is 8.77. The fourth-order valence-corrected chi connectivity index (χ4v) is 1.24. The van der Waals surface area contributed by atoms with Crippen molar-refractivity contribution in [1.29, 1.82) is 0 Å². The molecule has 0 radical (unpaired) electrons. The fraction of sp³-hybridized carbons (Fsp3) is 0.538. The van der Waals surface area contributed by atoms with Crippen molar-refractivity contribution < 1.29 is 9.84 Å². The van der Waals surface area contributed by atoms with Crippen molar-refractivity contribution in [3.8, 4) is 5.75 Å². The lowest BCUT2D eigenvalue weighted by Crippen LogP contribution is -2.07. The van der Waals surface area contributed by atoms with Gasteiger partial charge in [-0.3, -0.25) is 0 Å². The van der Waals surface area contributed by atoms with Gasteiger partial charge < -0.3 is 9.84 Å². The molecule has 2 heteroatoms. The minimum atomic E-state index is 0.201. The third kappa shape index (κ3) is 4.34. The first-order valence-corrected chi connectivity index (χ1v) is 5.58. The van der Waals surface area contributed by atoms with Gasteiger partial charge in [0.15, 0.2) is 0 Å². The average Bonchev–Trinajstić information content (AvgIpc) is 2.28. The van der Waals surface area contributed by atoms with Gasteiger partial charge >= 0.3 is 0 Å². The number of benzene rings is 1. The quantitative estimate of drug-likeness (QED) is 0.778. The summed E-state index contributed by atoms with van der Waals surface area (Å²) >= 11 is 0. The van der Waals surface area contributed by atoms with Crippen LogP contribution in [-0.4, -0.2) is 18.3 Å². The molecule has 1 aromatic carbocycles. The molecule has 0 aliphatic heterocycles. The summed E-state index contributed by atoms with van der Waals surface area (Å²) in [6, 6.07) is 7.94. The first-order valence-electron chi connectivity index (χ1n) is 5.58. The Morgan fingerprint density at radius 3 is 2.47 bits per heavy atom. The zero-order valence-corrected chi connectivity index (χ0v) is 9.57. The van der Waals surface area contributed by atoms with Crippen LogP contribution in [0, 0.1) is 5.92 Å². The molecule has 0 aliphatic rings. The van der Waals surface area contributed by atoms with Crippen LogP contribution in [0.25, 0.3) is 0 Å². The number of rotatable bonds is 6. The van der Waals surface area contributed by atoms with E-state index < -0.39 is 0 Å². The lowest BCUT2D eigenvalue weighted by molar-refractivity contribution is 0.256. The largest absolute Gasteiger partial charge is 0.493 e. The average molecular weight is 208 g/mol. The predicted octanol–water partition coefficient (Wildman–Crippen LogP) is 2.65. The Morgan fingerprint density at radius 2 is 1.93 bits per heavy atom. The molecule has 0 fully saturated rings. The van der Waals surface area contributed by atoms with Gasteiger partial charge in [0, 0.05) is 6.61 Å². The van der Waals surface area contributed by atoms with E-state index in [1.54, 1.807) is 0 Å². The second-order valence-corrected chi connectivity index (χ2v) is 3.94. The van der Waals surface area contributed by atoms with Crippen LogP contribution in [0.2, 0.25) is 0 Å².